The zero-order valence-electron chi connectivity index (χ0n) is 9.56. The smallest absolute Gasteiger partial charge is 0.310 e. The molecule has 1 aromatic carbocycles. The lowest BCUT2D eigenvalue weighted by atomic mass is 10.0. The van der Waals surface area contributed by atoms with E-state index in [1.807, 2.05) is 31.2 Å². The average Bonchev–Trinajstić information content (AvgIpc) is 2.29. The number of hydroxylamine groups is 1. The molecule has 16 heavy (non-hydrogen) atoms. The summed E-state index contributed by atoms with van der Waals surface area (Å²) >= 11 is 0. The van der Waals surface area contributed by atoms with Crippen LogP contribution in [0.15, 0.2) is 24.3 Å². The molecule has 0 aliphatic heterocycles. The highest BCUT2D eigenvalue weighted by Crippen LogP contribution is 2.15. The van der Waals surface area contributed by atoms with Crippen LogP contribution < -0.4 is 5.48 Å². The molecular weight excluding hydrogens is 206 g/mol. The van der Waals surface area contributed by atoms with Gasteiger partial charge in [-0.2, -0.15) is 5.48 Å². The van der Waals surface area contributed by atoms with Crippen LogP contribution >= 0.6 is 0 Å². The van der Waals surface area contributed by atoms with Crippen LogP contribution in [-0.2, 0) is 16.2 Å². The second kappa shape index (κ2) is 6.25. The van der Waals surface area contributed by atoms with Gasteiger partial charge in [-0.25, -0.2) is 0 Å². The molecule has 1 aromatic rings. The van der Waals surface area contributed by atoms with Gasteiger partial charge in [0.1, 0.15) is 0 Å². The lowest BCUT2D eigenvalue weighted by Crippen LogP contribution is -2.13. The van der Waals surface area contributed by atoms with E-state index in [-0.39, 0.29) is 0 Å². The highest BCUT2D eigenvalue weighted by Gasteiger charge is 2.12. The minimum Gasteiger partial charge on any atom is -0.481 e. The minimum atomic E-state index is -0.805. The van der Waals surface area contributed by atoms with Crippen LogP contribution in [0.5, 0.6) is 0 Å². The molecule has 0 aliphatic carbocycles. The Hall–Kier alpha value is -1.39. The Kier molecular flexibility index (Phi) is 4.95. The molecule has 2 N–H and O–H groups in total. The first kappa shape index (κ1) is 12.7. The van der Waals surface area contributed by atoms with Gasteiger partial charge in [0, 0.05) is 6.54 Å². The molecule has 0 aromatic heterocycles. The summed E-state index contributed by atoms with van der Waals surface area (Å²) in [5.74, 6) is -1.27. The van der Waals surface area contributed by atoms with E-state index in [0.29, 0.717) is 13.2 Å². The zero-order chi connectivity index (χ0) is 12.0. The Balaban J connectivity index is 2.57. The van der Waals surface area contributed by atoms with E-state index in [1.165, 1.54) is 0 Å². The number of benzene rings is 1. The van der Waals surface area contributed by atoms with Gasteiger partial charge in [0.2, 0.25) is 0 Å². The Morgan fingerprint density at radius 2 is 2.06 bits per heavy atom. The van der Waals surface area contributed by atoms with Crippen molar-refractivity contribution in [2.45, 2.75) is 26.3 Å². The largest absolute Gasteiger partial charge is 0.481 e. The maximum Gasteiger partial charge on any atom is 0.310 e. The zero-order valence-corrected chi connectivity index (χ0v) is 9.56. The summed E-state index contributed by atoms with van der Waals surface area (Å²) in [6, 6.07) is 7.48. The van der Waals surface area contributed by atoms with Crippen molar-refractivity contribution in [3.63, 3.8) is 0 Å². The first-order chi connectivity index (χ1) is 7.65. The van der Waals surface area contributed by atoms with Gasteiger partial charge in [0.15, 0.2) is 0 Å². The molecule has 1 unspecified atom stereocenters. The fourth-order valence-electron chi connectivity index (χ4n) is 1.30. The number of carbonyl (C=O) groups is 1. The van der Waals surface area contributed by atoms with Gasteiger partial charge in [0.25, 0.3) is 0 Å². The molecule has 0 spiro atoms. The molecule has 88 valence electrons. The highest BCUT2D eigenvalue weighted by molar-refractivity contribution is 5.75. The lowest BCUT2D eigenvalue weighted by Gasteiger charge is -2.08. The van der Waals surface area contributed by atoms with E-state index < -0.39 is 11.9 Å². The summed E-state index contributed by atoms with van der Waals surface area (Å²) in [4.78, 5) is 15.8. The average molecular weight is 223 g/mol. The molecular formula is C12H17NO3. The van der Waals surface area contributed by atoms with E-state index in [2.05, 4.69) is 5.48 Å². The van der Waals surface area contributed by atoms with Gasteiger partial charge in [-0.3, -0.25) is 4.79 Å². The minimum absolute atomic E-state index is 0.464. The monoisotopic (exact) mass is 223 g/mol. The van der Waals surface area contributed by atoms with Crippen LogP contribution in [-0.4, -0.2) is 17.7 Å². The molecule has 1 rings (SSSR count). The summed E-state index contributed by atoms with van der Waals surface area (Å²) in [5.41, 5.74) is 4.68. The maximum atomic E-state index is 10.8. The van der Waals surface area contributed by atoms with Crippen LogP contribution in [0.4, 0.5) is 0 Å². The summed E-state index contributed by atoms with van der Waals surface area (Å²) < 4.78 is 0. The van der Waals surface area contributed by atoms with Crippen LogP contribution in [0, 0.1) is 0 Å². The van der Waals surface area contributed by atoms with Gasteiger partial charge < -0.3 is 9.94 Å². The Morgan fingerprint density at radius 3 is 2.56 bits per heavy atom. The van der Waals surface area contributed by atoms with Crippen molar-refractivity contribution >= 4 is 5.97 Å². The van der Waals surface area contributed by atoms with Crippen molar-refractivity contribution in [2.24, 2.45) is 0 Å². The second-order valence-corrected chi connectivity index (χ2v) is 3.56. The van der Waals surface area contributed by atoms with E-state index in [0.717, 1.165) is 11.1 Å². The molecule has 0 amide bonds. The molecule has 0 radical (unpaired) electrons. The molecule has 0 saturated heterocycles. The summed E-state index contributed by atoms with van der Waals surface area (Å²) in [6.45, 7) is 4.82. The molecule has 0 fully saturated rings. The van der Waals surface area contributed by atoms with E-state index in [9.17, 15) is 4.79 Å². The molecule has 1 atom stereocenters. The van der Waals surface area contributed by atoms with Gasteiger partial charge in [-0.1, -0.05) is 24.3 Å². The van der Waals surface area contributed by atoms with Crippen molar-refractivity contribution in [1.29, 1.82) is 0 Å². The molecule has 4 heteroatoms. The molecule has 0 heterocycles. The van der Waals surface area contributed by atoms with Crippen LogP contribution in [0.25, 0.3) is 0 Å². The standard InChI is InChI=1S/C12H17NO3/c1-3-16-13-8-10-4-6-11(7-5-10)9(2)12(14)15/h4-7,9,13H,3,8H2,1-2H3,(H,14,15). The van der Waals surface area contributed by atoms with Crippen molar-refractivity contribution in [2.75, 3.05) is 6.61 Å². The summed E-state index contributed by atoms with van der Waals surface area (Å²) in [7, 11) is 0. The topological polar surface area (TPSA) is 58.6 Å². The Morgan fingerprint density at radius 1 is 1.44 bits per heavy atom. The number of aliphatic carboxylic acids is 1. The van der Waals surface area contributed by atoms with Crippen molar-refractivity contribution < 1.29 is 14.7 Å². The summed E-state index contributed by atoms with van der Waals surface area (Å²) in [5, 5.41) is 8.85. The molecule has 4 nitrogen and oxygen atoms in total. The first-order valence-electron chi connectivity index (χ1n) is 5.31. The molecule has 0 saturated carbocycles. The summed E-state index contributed by atoms with van der Waals surface area (Å²) in [6.07, 6.45) is 0. The maximum absolute atomic E-state index is 10.8. The van der Waals surface area contributed by atoms with E-state index >= 15 is 0 Å². The molecule has 0 bridgehead atoms. The van der Waals surface area contributed by atoms with Gasteiger partial charge >= 0.3 is 5.97 Å². The fraction of sp³-hybridized carbons (Fsp3) is 0.417. The molecule has 0 aliphatic rings. The fourth-order valence-corrected chi connectivity index (χ4v) is 1.30. The predicted molar refractivity (Wildman–Crippen MR) is 61.0 cm³/mol. The van der Waals surface area contributed by atoms with Crippen LogP contribution in [0.2, 0.25) is 0 Å². The van der Waals surface area contributed by atoms with E-state index in [1.54, 1.807) is 6.92 Å². The normalized spacial score (nSPS) is 12.4. The lowest BCUT2D eigenvalue weighted by molar-refractivity contribution is -0.138. The first-order valence-corrected chi connectivity index (χ1v) is 5.31. The van der Waals surface area contributed by atoms with Gasteiger partial charge in [-0.15, -0.1) is 0 Å². The van der Waals surface area contributed by atoms with Gasteiger partial charge in [0.05, 0.1) is 12.5 Å². The van der Waals surface area contributed by atoms with Gasteiger partial charge in [-0.05, 0) is 25.0 Å². The second-order valence-electron chi connectivity index (χ2n) is 3.56. The van der Waals surface area contributed by atoms with Crippen molar-refractivity contribution in [3.8, 4) is 0 Å². The number of hydrogen-bond acceptors (Lipinski definition) is 3. The van der Waals surface area contributed by atoms with E-state index in [4.69, 9.17) is 9.94 Å². The SMILES string of the molecule is CCONCc1ccc(C(C)C(=O)O)cc1. The van der Waals surface area contributed by atoms with Crippen LogP contribution in [0.1, 0.15) is 30.9 Å². The third-order valence-electron chi connectivity index (χ3n) is 2.37. The number of carboxylic acid groups (broad SMARTS) is 1. The number of hydrogen-bond donors (Lipinski definition) is 2. The number of rotatable bonds is 6. The Bertz CT molecular complexity index is 335. The van der Waals surface area contributed by atoms with Crippen LogP contribution in [0.3, 0.4) is 0 Å². The van der Waals surface area contributed by atoms with Crippen molar-refractivity contribution in [3.05, 3.63) is 35.4 Å². The highest BCUT2D eigenvalue weighted by atomic mass is 16.6. The third kappa shape index (κ3) is 3.64. The Labute approximate surface area is 95.2 Å². The third-order valence-corrected chi connectivity index (χ3v) is 2.37. The number of carboxylic acids is 1. The number of nitrogens with one attached hydrogen (secondary N) is 1. The predicted octanol–water partition coefficient (Wildman–Crippen LogP) is 1.92. The van der Waals surface area contributed by atoms with Crippen molar-refractivity contribution in [1.82, 2.24) is 5.48 Å². The quantitative estimate of drug-likeness (QED) is 0.571.